The first-order valence-electron chi connectivity index (χ1n) is 16.2. The monoisotopic (exact) mass is 600 g/mol. The van der Waals surface area contributed by atoms with E-state index in [1.54, 1.807) is 0 Å². The van der Waals surface area contributed by atoms with Crippen LogP contribution in [0.2, 0.25) is 5.04 Å². The lowest BCUT2D eigenvalue weighted by atomic mass is 9.52. The number of benzene rings is 2. The number of carbonyl (C=O) groups excluding carboxylic acids is 2. The summed E-state index contributed by atoms with van der Waals surface area (Å²) in [6.07, 6.45) is 2.00. The van der Waals surface area contributed by atoms with E-state index in [-0.39, 0.29) is 45.7 Å². The zero-order chi connectivity index (χ0) is 31.6. The number of ketones is 1. The standard InChI is InChI=1S/C38H52O4Si/c1-25-29(24-41-43(36(6,7)8,27-17-13-11-14-18-27)28-19-15-12-16-20-28)38-22-21-30(39)33(38)26(2)37(9,10)32(38)23-31(25)42-34(40)35(3,4)5/h11-20,25,29,31-32H,21-24H2,1-10H3/t25-,29-,31-,32-,38-/m0/s1. The van der Waals surface area contributed by atoms with Gasteiger partial charge in [0.2, 0.25) is 0 Å². The van der Waals surface area contributed by atoms with E-state index >= 15 is 0 Å². The molecule has 2 aromatic rings. The van der Waals surface area contributed by atoms with Crippen molar-refractivity contribution >= 4 is 30.4 Å². The fourth-order valence-corrected chi connectivity index (χ4v) is 13.6. The largest absolute Gasteiger partial charge is 0.462 e. The number of hydrogen-bond donors (Lipinski definition) is 0. The van der Waals surface area contributed by atoms with Gasteiger partial charge in [-0.2, -0.15) is 0 Å². The number of allylic oxidation sites excluding steroid dienone is 2. The predicted molar refractivity (Wildman–Crippen MR) is 177 cm³/mol. The topological polar surface area (TPSA) is 52.6 Å². The molecule has 5 rings (SSSR count). The fraction of sp³-hybridized carbons (Fsp3) is 0.579. The molecule has 3 aliphatic rings. The lowest BCUT2D eigenvalue weighted by Crippen LogP contribution is -2.67. The van der Waals surface area contributed by atoms with Crippen molar-refractivity contribution in [2.45, 2.75) is 99.6 Å². The summed E-state index contributed by atoms with van der Waals surface area (Å²) < 4.78 is 14.0. The van der Waals surface area contributed by atoms with Gasteiger partial charge in [-0.05, 0) is 79.1 Å². The molecule has 2 fully saturated rings. The highest BCUT2D eigenvalue weighted by molar-refractivity contribution is 6.99. The van der Waals surface area contributed by atoms with Crippen molar-refractivity contribution in [1.29, 1.82) is 0 Å². The van der Waals surface area contributed by atoms with E-state index in [1.807, 2.05) is 20.8 Å². The minimum atomic E-state index is -2.82. The van der Waals surface area contributed by atoms with Crippen LogP contribution in [0.4, 0.5) is 0 Å². The number of carbonyl (C=O) groups is 2. The van der Waals surface area contributed by atoms with E-state index in [2.05, 4.69) is 109 Å². The molecule has 0 radical (unpaired) electrons. The molecule has 43 heavy (non-hydrogen) atoms. The summed E-state index contributed by atoms with van der Waals surface area (Å²) in [7, 11) is -2.82. The van der Waals surface area contributed by atoms with E-state index in [0.29, 0.717) is 18.8 Å². The van der Waals surface area contributed by atoms with Crippen molar-refractivity contribution in [1.82, 2.24) is 0 Å². The summed E-state index contributed by atoms with van der Waals surface area (Å²) in [5, 5.41) is 2.35. The molecule has 3 aliphatic carbocycles. The minimum absolute atomic E-state index is 0.0448. The highest BCUT2D eigenvalue weighted by Crippen LogP contribution is 2.70. The van der Waals surface area contributed by atoms with Crippen molar-refractivity contribution in [2.24, 2.45) is 34.0 Å². The van der Waals surface area contributed by atoms with Gasteiger partial charge in [-0.15, -0.1) is 0 Å². The lowest BCUT2D eigenvalue weighted by molar-refractivity contribution is -0.175. The molecule has 0 saturated heterocycles. The van der Waals surface area contributed by atoms with Gasteiger partial charge in [0.05, 0.1) is 5.41 Å². The molecule has 5 heteroatoms. The van der Waals surface area contributed by atoms with Gasteiger partial charge in [-0.3, -0.25) is 9.59 Å². The van der Waals surface area contributed by atoms with Crippen molar-refractivity contribution in [3.63, 3.8) is 0 Å². The molecule has 1 spiro atoms. The molecule has 0 unspecified atom stereocenters. The molecule has 0 aliphatic heterocycles. The Morgan fingerprint density at radius 2 is 1.47 bits per heavy atom. The van der Waals surface area contributed by atoms with Crippen LogP contribution in [0.1, 0.15) is 88.5 Å². The van der Waals surface area contributed by atoms with Crippen molar-refractivity contribution in [3.05, 3.63) is 71.8 Å². The van der Waals surface area contributed by atoms with Crippen LogP contribution >= 0.6 is 0 Å². The van der Waals surface area contributed by atoms with Gasteiger partial charge in [0.15, 0.2) is 5.78 Å². The average molecular weight is 601 g/mol. The number of esters is 1. The smallest absolute Gasteiger partial charge is 0.311 e. The number of Topliss-reactive ketones (excluding diaryl/α,β-unsaturated/α-hetero) is 1. The van der Waals surface area contributed by atoms with Crippen LogP contribution in [0.25, 0.3) is 0 Å². The fourth-order valence-electron chi connectivity index (χ4n) is 9.02. The Hall–Kier alpha value is -2.50. The van der Waals surface area contributed by atoms with Gasteiger partial charge in [0.1, 0.15) is 6.10 Å². The first-order valence-corrected chi connectivity index (χ1v) is 18.1. The second kappa shape index (κ2) is 10.8. The number of hydrogen-bond acceptors (Lipinski definition) is 4. The first-order chi connectivity index (χ1) is 20.0. The lowest BCUT2D eigenvalue weighted by Gasteiger charge is -2.55. The van der Waals surface area contributed by atoms with E-state index in [9.17, 15) is 9.59 Å². The molecular formula is C38H52O4Si. The molecule has 0 amide bonds. The van der Waals surface area contributed by atoms with Crippen LogP contribution in [0.3, 0.4) is 0 Å². The Balaban J connectivity index is 1.65. The molecule has 5 atom stereocenters. The predicted octanol–water partition coefficient (Wildman–Crippen LogP) is 7.50. The highest BCUT2D eigenvalue weighted by Gasteiger charge is 2.68. The maximum Gasteiger partial charge on any atom is 0.311 e. The van der Waals surface area contributed by atoms with Crippen LogP contribution in [0, 0.1) is 34.0 Å². The Morgan fingerprint density at radius 1 is 0.930 bits per heavy atom. The summed E-state index contributed by atoms with van der Waals surface area (Å²) in [4.78, 5) is 27.0. The van der Waals surface area contributed by atoms with Crippen LogP contribution in [-0.4, -0.2) is 32.8 Å². The van der Waals surface area contributed by atoms with Gasteiger partial charge in [-0.1, -0.05) is 108 Å². The van der Waals surface area contributed by atoms with Crippen LogP contribution in [-0.2, 0) is 18.8 Å². The average Bonchev–Trinajstić information content (AvgIpc) is 3.35. The molecule has 0 heterocycles. The summed E-state index contributed by atoms with van der Waals surface area (Å²) in [5.41, 5.74) is 1.29. The number of ether oxygens (including phenoxy) is 1. The SMILES string of the molecule is CC1=C2C(=O)CC[C@@]23[C@@H](CO[Si](c2ccccc2)(c2ccccc2)C(C)(C)C)[C@H](C)[C@@H](OC(=O)C(C)(C)C)C[C@H]3C1(C)C. The quantitative estimate of drug-likeness (QED) is 0.255. The molecular weight excluding hydrogens is 549 g/mol. The van der Waals surface area contributed by atoms with E-state index < -0.39 is 13.7 Å². The Bertz CT molecular complexity index is 1360. The third kappa shape index (κ3) is 4.90. The van der Waals surface area contributed by atoms with Gasteiger partial charge in [0.25, 0.3) is 8.32 Å². The van der Waals surface area contributed by atoms with Gasteiger partial charge < -0.3 is 9.16 Å². The second-order valence-corrected chi connectivity index (χ2v) is 20.4. The van der Waals surface area contributed by atoms with Crippen molar-refractivity contribution in [2.75, 3.05) is 6.61 Å². The van der Waals surface area contributed by atoms with E-state index in [0.717, 1.165) is 18.4 Å². The van der Waals surface area contributed by atoms with Gasteiger partial charge in [0, 0.05) is 24.0 Å². The molecule has 0 N–H and O–H groups in total. The Morgan fingerprint density at radius 3 is 1.95 bits per heavy atom. The number of rotatable bonds is 6. The molecule has 0 aromatic heterocycles. The maximum absolute atomic E-state index is 13.7. The third-order valence-corrected chi connectivity index (χ3v) is 16.5. The van der Waals surface area contributed by atoms with Crippen molar-refractivity contribution in [3.8, 4) is 0 Å². The molecule has 232 valence electrons. The Kier molecular flexibility index (Phi) is 8.04. The normalized spacial score (nSPS) is 28.9. The van der Waals surface area contributed by atoms with Crippen molar-refractivity contribution < 1.29 is 18.8 Å². The van der Waals surface area contributed by atoms with E-state index in [4.69, 9.17) is 9.16 Å². The summed E-state index contributed by atoms with van der Waals surface area (Å²) in [5.74, 6) is 0.450. The highest BCUT2D eigenvalue weighted by atomic mass is 28.4. The van der Waals surface area contributed by atoms with Gasteiger partial charge in [-0.25, -0.2) is 0 Å². The summed E-state index contributed by atoms with van der Waals surface area (Å²) in [6, 6.07) is 21.6. The van der Waals surface area contributed by atoms with Gasteiger partial charge >= 0.3 is 5.97 Å². The van der Waals surface area contributed by atoms with Crippen LogP contribution in [0.15, 0.2) is 71.8 Å². The summed E-state index contributed by atoms with van der Waals surface area (Å²) >= 11 is 0. The molecule has 2 saturated carbocycles. The minimum Gasteiger partial charge on any atom is -0.462 e. The molecule has 0 bridgehead atoms. The zero-order valence-corrected chi connectivity index (χ0v) is 29.0. The van der Waals surface area contributed by atoms with Crippen LogP contribution < -0.4 is 10.4 Å². The second-order valence-electron chi connectivity index (χ2n) is 16.1. The third-order valence-electron chi connectivity index (χ3n) is 11.5. The maximum atomic E-state index is 13.7. The van der Waals surface area contributed by atoms with E-state index in [1.165, 1.54) is 15.9 Å². The Labute approximate surface area is 260 Å². The summed E-state index contributed by atoms with van der Waals surface area (Å²) in [6.45, 7) is 22.2. The zero-order valence-electron chi connectivity index (χ0n) is 28.0. The molecule has 2 aromatic carbocycles. The first kappa shape index (κ1) is 31.9. The molecule has 4 nitrogen and oxygen atoms in total. The van der Waals surface area contributed by atoms with Crippen LogP contribution in [0.5, 0.6) is 0 Å².